The molecule has 0 atom stereocenters. The molecule has 1 aliphatic rings. The Morgan fingerprint density at radius 1 is 1.07 bits per heavy atom. The molecule has 0 saturated carbocycles. The molecule has 1 aliphatic heterocycles. The van der Waals surface area contributed by atoms with Crippen molar-refractivity contribution in [2.45, 2.75) is 13.8 Å². The summed E-state index contributed by atoms with van der Waals surface area (Å²) in [6.07, 6.45) is 3.27. The van der Waals surface area contributed by atoms with Crippen molar-refractivity contribution in [3.05, 3.63) is 42.4 Å². The van der Waals surface area contributed by atoms with E-state index in [4.69, 9.17) is 4.74 Å². The van der Waals surface area contributed by atoms with E-state index in [2.05, 4.69) is 33.6 Å². The van der Waals surface area contributed by atoms with Gasteiger partial charge in [-0.25, -0.2) is 9.97 Å². The average Bonchev–Trinajstić information content (AvgIpc) is 2.74. The lowest BCUT2D eigenvalue weighted by Gasteiger charge is -2.36. The van der Waals surface area contributed by atoms with E-state index in [1.807, 2.05) is 29.2 Å². The number of anilines is 2. The number of carbonyl (C=O) groups excluding carboxylic acids is 1. The van der Waals surface area contributed by atoms with Gasteiger partial charge in [-0.15, -0.1) is 0 Å². The van der Waals surface area contributed by atoms with Gasteiger partial charge in [-0.05, 0) is 26.0 Å². The van der Waals surface area contributed by atoms with Crippen molar-refractivity contribution in [1.29, 1.82) is 0 Å². The summed E-state index contributed by atoms with van der Waals surface area (Å²) < 4.78 is 5.45. The number of benzene rings is 1. The summed E-state index contributed by atoms with van der Waals surface area (Å²) in [6, 6.07) is 7.97. The van der Waals surface area contributed by atoms with Crippen LogP contribution in [0.3, 0.4) is 0 Å². The van der Waals surface area contributed by atoms with Crippen LogP contribution in [0.15, 0.2) is 36.7 Å². The first-order chi connectivity index (χ1) is 13.2. The maximum atomic E-state index is 12.8. The van der Waals surface area contributed by atoms with Crippen molar-refractivity contribution >= 4 is 17.4 Å². The van der Waals surface area contributed by atoms with Gasteiger partial charge in [0, 0.05) is 39.3 Å². The molecule has 1 amide bonds. The number of methoxy groups -OCH3 is 1. The number of hydrogen-bond acceptors (Lipinski definition) is 6. The molecule has 27 heavy (non-hydrogen) atoms. The lowest BCUT2D eigenvalue weighted by Crippen LogP contribution is -2.49. The van der Waals surface area contributed by atoms with Crippen molar-refractivity contribution in [2.75, 3.05) is 56.2 Å². The molecule has 7 nitrogen and oxygen atoms in total. The van der Waals surface area contributed by atoms with Gasteiger partial charge >= 0.3 is 0 Å². The van der Waals surface area contributed by atoms with Gasteiger partial charge in [0.05, 0.1) is 25.2 Å². The highest BCUT2D eigenvalue weighted by molar-refractivity contribution is 5.92. The lowest BCUT2D eigenvalue weighted by molar-refractivity contribution is 0.0740. The predicted octanol–water partition coefficient (Wildman–Crippen LogP) is 2.29. The van der Waals surface area contributed by atoms with E-state index in [9.17, 15) is 4.79 Å². The number of amides is 1. The molecule has 1 aromatic carbocycles. The highest BCUT2D eigenvalue weighted by Crippen LogP contribution is 2.28. The Morgan fingerprint density at radius 3 is 2.37 bits per heavy atom. The molecule has 0 radical (unpaired) electrons. The largest absolute Gasteiger partial charge is 0.495 e. The van der Waals surface area contributed by atoms with Crippen LogP contribution in [0, 0.1) is 0 Å². The zero-order valence-corrected chi connectivity index (χ0v) is 16.3. The van der Waals surface area contributed by atoms with Crippen LogP contribution in [0.1, 0.15) is 24.3 Å². The molecule has 1 saturated heterocycles. The fourth-order valence-corrected chi connectivity index (χ4v) is 3.35. The number of carbonyl (C=O) groups is 1. The van der Waals surface area contributed by atoms with Crippen LogP contribution in [0.2, 0.25) is 0 Å². The molecule has 0 unspecified atom stereocenters. The summed E-state index contributed by atoms with van der Waals surface area (Å²) in [4.78, 5) is 27.7. The SMILES string of the molecule is CCN(CC)c1cnc(C(=O)N2CCN(c3ccccc3OC)CC2)cn1. The van der Waals surface area contributed by atoms with Crippen LogP contribution in [-0.2, 0) is 0 Å². The molecule has 0 spiro atoms. The fourth-order valence-electron chi connectivity index (χ4n) is 3.35. The second-order valence-corrected chi connectivity index (χ2v) is 6.38. The second kappa shape index (κ2) is 8.70. The molecule has 1 fully saturated rings. The first kappa shape index (κ1) is 18.9. The normalized spacial score (nSPS) is 14.2. The van der Waals surface area contributed by atoms with Crippen molar-refractivity contribution in [2.24, 2.45) is 0 Å². The number of aromatic nitrogens is 2. The Kier molecular flexibility index (Phi) is 6.11. The van der Waals surface area contributed by atoms with Crippen LogP contribution in [0.25, 0.3) is 0 Å². The summed E-state index contributed by atoms with van der Waals surface area (Å²) in [5.74, 6) is 1.60. The minimum absolute atomic E-state index is 0.0618. The Bertz CT molecular complexity index is 753. The van der Waals surface area contributed by atoms with Gasteiger partial charge in [0.15, 0.2) is 0 Å². The Morgan fingerprint density at radius 2 is 1.78 bits per heavy atom. The van der Waals surface area contributed by atoms with E-state index in [-0.39, 0.29) is 5.91 Å². The van der Waals surface area contributed by atoms with E-state index in [1.165, 1.54) is 0 Å². The number of hydrogen-bond donors (Lipinski definition) is 0. The standard InChI is InChI=1S/C20H27N5O2/c1-4-23(5-2)19-15-21-16(14-22-19)20(26)25-12-10-24(11-13-25)17-8-6-7-9-18(17)27-3/h6-9,14-15H,4-5,10-13H2,1-3H3. The van der Waals surface area contributed by atoms with Crippen molar-refractivity contribution in [3.63, 3.8) is 0 Å². The lowest BCUT2D eigenvalue weighted by atomic mass is 10.2. The van der Waals surface area contributed by atoms with Gasteiger partial charge < -0.3 is 19.4 Å². The Labute approximate surface area is 160 Å². The average molecular weight is 369 g/mol. The minimum atomic E-state index is -0.0618. The highest BCUT2D eigenvalue weighted by atomic mass is 16.5. The van der Waals surface area contributed by atoms with Gasteiger partial charge in [0.25, 0.3) is 5.91 Å². The smallest absolute Gasteiger partial charge is 0.274 e. The molecule has 3 rings (SSSR count). The molecule has 1 aromatic heterocycles. The second-order valence-electron chi connectivity index (χ2n) is 6.38. The fraction of sp³-hybridized carbons (Fsp3) is 0.450. The Balaban J connectivity index is 1.63. The van der Waals surface area contributed by atoms with Crippen LogP contribution < -0.4 is 14.5 Å². The number of rotatable bonds is 6. The van der Waals surface area contributed by atoms with E-state index in [0.717, 1.165) is 43.4 Å². The summed E-state index contributed by atoms with van der Waals surface area (Å²) in [7, 11) is 1.68. The van der Waals surface area contributed by atoms with Crippen LogP contribution in [0.5, 0.6) is 5.75 Å². The minimum Gasteiger partial charge on any atom is -0.495 e. The monoisotopic (exact) mass is 369 g/mol. The third-order valence-electron chi connectivity index (χ3n) is 4.94. The van der Waals surface area contributed by atoms with Gasteiger partial charge in [-0.3, -0.25) is 4.79 Å². The molecule has 0 N–H and O–H groups in total. The summed E-state index contributed by atoms with van der Waals surface area (Å²) in [5.41, 5.74) is 1.46. The maximum Gasteiger partial charge on any atom is 0.274 e. The van der Waals surface area contributed by atoms with Crippen LogP contribution in [0.4, 0.5) is 11.5 Å². The van der Waals surface area contributed by atoms with Crippen molar-refractivity contribution < 1.29 is 9.53 Å². The summed E-state index contributed by atoms with van der Waals surface area (Å²) >= 11 is 0. The van der Waals surface area contributed by atoms with Gasteiger partial charge in [-0.2, -0.15) is 0 Å². The van der Waals surface area contributed by atoms with Crippen molar-refractivity contribution in [3.8, 4) is 5.75 Å². The van der Waals surface area contributed by atoms with E-state index in [0.29, 0.717) is 18.8 Å². The summed E-state index contributed by atoms with van der Waals surface area (Å²) in [5, 5.41) is 0. The molecule has 2 heterocycles. The Hall–Kier alpha value is -2.83. The number of ether oxygens (including phenoxy) is 1. The van der Waals surface area contributed by atoms with Gasteiger partial charge in [0.2, 0.25) is 0 Å². The van der Waals surface area contributed by atoms with E-state index in [1.54, 1.807) is 19.5 Å². The molecule has 0 bridgehead atoms. The zero-order chi connectivity index (χ0) is 19.2. The van der Waals surface area contributed by atoms with Crippen molar-refractivity contribution in [1.82, 2.24) is 14.9 Å². The van der Waals surface area contributed by atoms with E-state index < -0.39 is 0 Å². The molecule has 144 valence electrons. The molecular formula is C20H27N5O2. The van der Waals surface area contributed by atoms with Crippen LogP contribution in [-0.4, -0.2) is 67.2 Å². The molecular weight excluding hydrogens is 342 g/mol. The number of para-hydroxylation sites is 2. The quantitative estimate of drug-likeness (QED) is 0.779. The number of nitrogens with zero attached hydrogens (tertiary/aromatic N) is 5. The third kappa shape index (κ3) is 4.13. The van der Waals surface area contributed by atoms with E-state index >= 15 is 0 Å². The third-order valence-corrected chi connectivity index (χ3v) is 4.94. The predicted molar refractivity (Wildman–Crippen MR) is 107 cm³/mol. The summed E-state index contributed by atoms with van der Waals surface area (Å²) in [6.45, 7) is 8.70. The topological polar surface area (TPSA) is 61.8 Å². The first-order valence-electron chi connectivity index (χ1n) is 9.42. The molecule has 7 heteroatoms. The maximum absolute atomic E-state index is 12.8. The van der Waals surface area contributed by atoms with Gasteiger partial charge in [0.1, 0.15) is 17.3 Å². The van der Waals surface area contributed by atoms with Gasteiger partial charge in [-0.1, -0.05) is 12.1 Å². The highest BCUT2D eigenvalue weighted by Gasteiger charge is 2.24. The molecule has 2 aromatic rings. The van der Waals surface area contributed by atoms with Crippen LogP contribution >= 0.6 is 0 Å². The first-order valence-corrected chi connectivity index (χ1v) is 9.42. The molecule has 0 aliphatic carbocycles. The number of piperazine rings is 1. The zero-order valence-electron chi connectivity index (χ0n) is 16.3.